The molecule has 0 unspecified atom stereocenters. The van der Waals surface area contributed by atoms with Crippen LogP contribution in [-0.2, 0) is 4.79 Å². The van der Waals surface area contributed by atoms with Gasteiger partial charge in [-0.1, -0.05) is 0 Å². The molecule has 0 fully saturated rings. The molecular weight excluding hydrogens is 214 g/mol. The number of carboxylic acid groups (broad SMARTS) is 1. The normalized spacial score (nSPS) is 11.6. The SMILES string of the molecule is COc1ccc(C(=O)N[C@@H](O)C(=O)O)cc1. The number of aliphatic carboxylic acids is 1. The van der Waals surface area contributed by atoms with Crippen LogP contribution in [0.1, 0.15) is 10.4 Å². The summed E-state index contributed by atoms with van der Waals surface area (Å²) in [5.74, 6) is -1.60. The summed E-state index contributed by atoms with van der Waals surface area (Å²) < 4.78 is 4.89. The third-order valence-corrected chi connectivity index (χ3v) is 1.85. The number of carbonyl (C=O) groups is 2. The second-order valence-corrected chi connectivity index (χ2v) is 2.94. The minimum Gasteiger partial charge on any atom is -0.497 e. The maximum atomic E-state index is 11.4. The van der Waals surface area contributed by atoms with E-state index < -0.39 is 18.1 Å². The van der Waals surface area contributed by atoms with Crippen molar-refractivity contribution in [3.8, 4) is 5.75 Å². The van der Waals surface area contributed by atoms with E-state index in [0.29, 0.717) is 5.75 Å². The van der Waals surface area contributed by atoms with E-state index in [1.807, 2.05) is 5.32 Å². The van der Waals surface area contributed by atoms with Gasteiger partial charge < -0.3 is 20.3 Å². The molecule has 0 aliphatic heterocycles. The maximum absolute atomic E-state index is 11.4. The number of aliphatic hydroxyl groups is 1. The molecule has 0 saturated carbocycles. The van der Waals surface area contributed by atoms with Gasteiger partial charge in [0.15, 0.2) is 0 Å². The van der Waals surface area contributed by atoms with Crippen molar-refractivity contribution in [1.82, 2.24) is 5.32 Å². The van der Waals surface area contributed by atoms with Crippen molar-refractivity contribution in [3.63, 3.8) is 0 Å². The summed E-state index contributed by atoms with van der Waals surface area (Å²) in [6.45, 7) is 0. The molecule has 0 aliphatic carbocycles. The average molecular weight is 225 g/mol. The number of nitrogens with one attached hydrogen (secondary N) is 1. The molecule has 0 saturated heterocycles. The summed E-state index contributed by atoms with van der Waals surface area (Å²) in [5.41, 5.74) is 0.237. The minimum atomic E-state index is -1.91. The Bertz CT molecular complexity index is 387. The van der Waals surface area contributed by atoms with Gasteiger partial charge in [0.1, 0.15) is 5.75 Å². The number of carbonyl (C=O) groups excluding carboxylic acids is 1. The number of ether oxygens (including phenoxy) is 1. The summed E-state index contributed by atoms with van der Waals surface area (Å²) in [5, 5.41) is 19.2. The third-order valence-electron chi connectivity index (χ3n) is 1.85. The van der Waals surface area contributed by atoms with Gasteiger partial charge in [-0.15, -0.1) is 0 Å². The number of benzene rings is 1. The van der Waals surface area contributed by atoms with Crippen LogP contribution in [0.15, 0.2) is 24.3 Å². The average Bonchev–Trinajstić information content (AvgIpc) is 2.28. The van der Waals surface area contributed by atoms with Crippen LogP contribution in [0.4, 0.5) is 0 Å². The minimum absolute atomic E-state index is 0.237. The first-order valence-electron chi connectivity index (χ1n) is 4.40. The largest absolute Gasteiger partial charge is 0.497 e. The van der Waals surface area contributed by atoms with E-state index in [4.69, 9.17) is 14.9 Å². The van der Waals surface area contributed by atoms with Crippen molar-refractivity contribution in [2.75, 3.05) is 7.11 Å². The van der Waals surface area contributed by atoms with Crippen LogP contribution >= 0.6 is 0 Å². The van der Waals surface area contributed by atoms with E-state index in [-0.39, 0.29) is 5.56 Å². The fourth-order valence-corrected chi connectivity index (χ4v) is 1.01. The maximum Gasteiger partial charge on any atom is 0.353 e. The molecule has 1 atom stereocenters. The zero-order valence-electron chi connectivity index (χ0n) is 8.51. The number of hydrogen-bond donors (Lipinski definition) is 3. The highest BCUT2D eigenvalue weighted by atomic mass is 16.5. The summed E-state index contributed by atoms with van der Waals surface area (Å²) in [7, 11) is 1.49. The fraction of sp³-hybridized carbons (Fsp3) is 0.200. The van der Waals surface area contributed by atoms with Crippen molar-refractivity contribution >= 4 is 11.9 Å². The van der Waals surface area contributed by atoms with Crippen LogP contribution in [-0.4, -0.2) is 35.4 Å². The van der Waals surface area contributed by atoms with Crippen LogP contribution in [0.25, 0.3) is 0 Å². The van der Waals surface area contributed by atoms with E-state index in [2.05, 4.69) is 0 Å². The van der Waals surface area contributed by atoms with Gasteiger partial charge in [0.05, 0.1) is 7.11 Å². The number of methoxy groups -OCH3 is 1. The number of rotatable bonds is 4. The Kier molecular flexibility index (Phi) is 3.84. The Morgan fingerprint density at radius 1 is 1.31 bits per heavy atom. The van der Waals surface area contributed by atoms with Crippen LogP contribution in [0.3, 0.4) is 0 Å². The van der Waals surface area contributed by atoms with E-state index in [0.717, 1.165) is 0 Å². The summed E-state index contributed by atoms with van der Waals surface area (Å²) >= 11 is 0. The Balaban J connectivity index is 2.69. The van der Waals surface area contributed by atoms with Gasteiger partial charge in [0, 0.05) is 5.56 Å². The predicted molar refractivity (Wildman–Crippen MR) is 54.1 cm³/mol. The van der Waals surface area contributed by atoms with Gasteiger partial charge in [-0.25, -0.2) is 4.79 Å². The first-order valence-corrected chi connectivity index (χ1v) is 4.40. The monoisotopic (exact) mass is 225 g/mol. The molecule has 6 nitrogen and oxygen atoms in total. The van der Waals surface area contributed by atoms with E-state index >= 15 is 0 Å². The highest BCUT2D eigenvalue weighted by Crippen LogP contribution is 2.11. The van der Waals surface area contributed by atoms with Gasteiger partial charge in [-0.05, 0) is 24.3 Å². The van der Waals surface area contributed by atoms with Crippen molar-refractivity contribution < 1.29 is 24.5 Å². The highest BCUT2D eigenvalue weighted by molar-refractivity contribution is 5.96. The number of hydrogen-bond acceptors (Lipinski definition) is 4. The highest BCUT2D eigenvalue weighted by Gasteiger charge is 2.16. The summed E-state index contributed by atoms with van der Waals surface area (Å²) in [4.78, 5) is 21.7. The lowest BCUT2D eigenvalue weighted by Crippen LogP contribution is -2.40. The van der Waals surface area contributed by atoms with E-state index in [1.165, 1.54) is 19.2 Å². The fourth-order valence-electron chi connectivity index (χ4n) is 1.01. The molecule has 1 amide bonds. The molecule has 0 heterocycles. The van der Waals surface area contributed by atoms with Crippen molar-refractivity contribution in [2.24, 2.45) is 0 Å². The third kappa shape index (κ3) is 2.96. The Hall–Kier alpha value is -2.08. The zero-order chi connectivity index (χ0) is 12.1. The molecule has 86 valence electrons. The standard InChI is InChI=1S/C10H11NO5/c1-16-7-4-2-6(3-5-7)8(12)11-9(13)10(14)15/h2-5,9,13H,1H3,(H,11,12)(H,14,15)/t9-/m0/s1. The van der Waals surface area contributed by atoms with Crippen LogP contribution in [0.5, 0.6) is 5.75 Å². The smallest absolute Gasteiger partial charge is 0.353 e. The van der Waals surface area contributed by atoms with E-state index in [9.17, 15) is 9.59 Å². The topological polar surface area (TPSA) is 95.9 Å². The Morgan fingerprint density at radius 2 is 1.88 bits per heavy atom. The van der Waals surface area contributed by atoms with Crippen LogP contribution in [0.2, 0.25) is 0 Å². The summed E-state index contributed by atoms with van der Waals surface area (Å²) in [6, 6.07) is 6.04. The number of aliphatic hydroxyl groups excluding tert-OH is 1. The Labute approximate surface area is 91.5 Å². The van der Waals surface area contributed by atoms with Gasteiger partial charge >= 0.3 is 5.97 Å². The first-order chi connectivity index (χ1) is 7.54. The molecule has 0 aromatic heterocycles. The van der Waals surface area contributed by atoms with Gasteiger partial charge in [-0.2, -0.15) is 0 Å². The molecule has 1 rings (SSSR count). The quantitative estimate of drug-likeness (QED) is 0.618. The molecule has 1 aromatic rings. The van der Waals surface area contributed by atoms with Crippen LogP contribution in [0, 0.1) is 0 Å². The summed E-state index contributed by atoms with van der Waals surface area (Å²) in [6.07, 6.45) is -1.91. The van der Waals surface area contributed by atoms with Crippen molar-refractivity contribution in [1.29, 1.82) is 0 Å². The lowest BCUT2D eigenvalue weighted by Gasteiger charge is -2.08. The lowest BCUT2D eigenvalue weighted by atomic mass is 10.2. The molecule has 16 heavy (non-hydrogen) atoms. The van der Waals surface area contributed by atoms with Gasteiger partial charge in [-0.3, -0.25) is 4.79 Å². The van der Waals surface area contributed by atoms with Gasteiger partial charge in [0.2, 0.25) is 6.23 Å². The first kappa shape index (κ1) is 12.0. The lowest BCUT2D eigenvalue weighted by molar-refractivity contribution is -0.147. The number of amides is 1. The second-order valence-electron chi connectivity index (χ2n) is 2.94. The molecule has 0 bridgehead atoms. The predicted octanol–water partition coefficient (Wildman–Crippen LogP) is -0.172. The van der Waals surface area contributed by atoms with Gasteiger partial charge in [0.25, 0.3) is 5.91 Å². The zero-order valence-corrected chi connectivity index (χ0v) is 8.51. The molecule has 6 heteroatoms. The molecule has 0 spiro atoms. The Morgan fingerprint density at radius 3 is 2.31 bits per heavy atom. The van der Waals surface area contributed by atoms with E-state index in [1.54, 1.807) is 12.1 Å². The van der Waals surface area contributed by atoms with Crippen molar-refractivity contribution in [2.45, 2.75) is 6.23 Å². The van der Waals surface area contributed by atoms with Crippen LogP contribution < -0.4 is 10.1 Å². The molecule has 3 N–H and O–H groups in total. The molecular formula is C10H11NO5. The molecule has 0 aliphatic rings. The van der Waals surface area contributed by atoms with Crippen molar-refractivity contribution in [3.05, 3.63) is 29.8 Å². The second kappa shape index (κ2) is 5.13. The number of carboxylic acids is 1. The molecule has 0 radical (unpaired) electrons. The molecule has 1 aromatic carbocycles.